The van der Waals surface area contributed by atoms with E-state index in [1.54, 1.807) is 23.7 Å². The topological polar surface area (TPSA) is 65.5 Å². The van der Waals surface area contributed by atoms with Gasteiger partial charge in [-0.25, -0.2) is 0 Å². The highest BCUT2D eigenvalue weighted by Crippen LogP contribution is 2.26. The van der Waals surface area contributed by atoms with Crippen LogP contribution in [0.15, 0.2) is 46.5 Å². The first-order valence-electron chi connectivity index (χ1n) is 11.4. The van der Waals surface area contributed by atoms with E-state index in [-0.39, 0.29) is 17.9 Å². The summed E-state index contributed by atoms with van der Waals surface area (Å²) in [6.45, 7) is 7.12. The number of amides is 2. The van der Waals surface area contributed by atoms with Crippen molar-refractivity contribution in [2.45, 2.75) is 39.3 Å². The molecular formula is C25H29BrN4O2S. The molecule has 8 heteroatoms. The number of fused-ring (bicyclic) bond motifs is 1. The number of likely N-dealkylation sites (N-methyl/N-ethyl adjacent to an activating group) is 1. The second-order valence-corrected chi connectivity index (χ2v) is 10.1. The predicted octanol–water partition coefficient (Wildman–Crippen LogP) is 4.47. The van der Waals surface area contributed by atoms with Crippen LogP contribution < -0.4 is 5.32 Å². The molecule has 2 aromatic heterocycles. The Bertz CT molecular complexity index is 1150. The molecule has 1 atom stereocenters. The lowest BCUT2D eigenvalue weighted by atomic mass is 10.0. The Labute approximate surface area is 207 Å². The fourth-order valence-corrected chi connectivity index (χ4v) is 5.67. The molecule has 3 aromatic rings. The highest BCUT2D eigenvalue weighted by molar-refractivity contribution is 9.10. The molecule has 33 heavy (non-hydrogen) atoms. The van der Waals surface area contributed by atoms with E-state index in [0.29, 0.717) is 44.7 Å². The molecule has 1 aliphatic rings. The molecule has 174 valence electrons. The third kappa shape index (κ3) is 5.28. The maximum absolute atomic E-state index is 13.4. The summed E-state index contributed by atoms with van der Waals surface area (Å²) in [6, 6.07) is 8.05. The van der Waals surface area contributed by atoms with Gasteiger partial charge in [0, 0.05) is 55.0 Å². The predicted molar refractivity (Wildman–Crippen MR) is 137 cm³/mol. The molecular weight excluding hydrogens is 500 g/mol. The maximum Gasteiger partial charge on any atom is 0.256 e. The van der Waals surface area contributed by atoms with Gasteiger partial charge in [-0.15, -0.1) is 11.3 Å². The number of rotatable bonds is 6. The lowest BCUT2D eigenvalue weighted by molar-refractivity contribution is -0.126. The van der Waals surface area contributed by atoms with Crippen molar-refractivity contribution in [3.63, 3.8) is 0 Å². The zero-order chi connectivity index (χ0) is 23.4. The molecule has 1 fully saturated rings. The van der Waals surface area contributed by atoms with Crippen LogP contribution in [-0.4, -0.2) is 58.8 Å². The van der Waals surface area contributed by atoms with Crippen LogP contribution >= 0.6 is 27.3 Å². The molecule has 2 amide bonds. The standard InChI is InChI=1S/C25H29BrN4O2S/c1-3-17-13-19(26)6-5-18(17)16-30-11-10-29(9-7-22(30)24(31)28-4-2)25(32)21-14-27-15-23-20(21)8-12-33-23/h5-6,8,12-15,22H,3-4,7,9-11,16H2,1-2H3,(H,28,31)/t22-/m1/s1. The van der Waals surface area contributed by atoms with Crippen molar-refractivity contribution in [3.8, 4) is 0 Å². The highest BCUT2D eigenvalue weighted by Gasteiger charge is 2.32. The minimum absolute atomic E-state index is 0.0131. The molecule has 0 spiro atoms. The van der Waals surface area contributed by atoms with Crippen LogP contribution in [0.25, 0.3) is 10.1 Å². The average Bonchev–Trinajstić information content (AvgIpc) is 3.20. The fourth-order valence-electron chi connectivity index (χ4n) is 4.49. The highest BCUT2D eigenvalue weighted by atomic mass is 79.9. The summed E-state index contributed by atoms with van der Waals surface area (Å²) in [5.41, 5.74) is 3.13. The Balaban J connectivity index is 1.58. The molecule has 0 aliphatic carbocycles. The summed E-state index contributed by atoms with van der Waals surface area (Å²) in [6.07, 6.45) is 4.99. The van der Waals surface area contributed by atoms with E-state index in [1.807, 2.05) is 23.3 Å². The third-order valence-corrected chi connectivity index (χ3v) is 7.59. The molecule has 1 aromatic carbocycles. The number of carbonyl (C=O) groups is 2. The molecule has 0 bridgehead atoms. The van der Waals surface area contributed by atoms with E-state index in [2.05, 4.69) is 56.3 Å². The molecule has 3 heterocycles. The number of carbonyl (C=O) groups excluding carboxylic acids is 2. The Kier molecular flexibility index (Phi) is 7.78. The van der Waals surface area contributed by atoms with Gasteiger partial charge >= 0.3 is 0 Å². The molecule has 0 unspecified atom stereocenters. The van der Waals surface area contributed by atoms with E-state index < -0.39 is 0 Å². The van der Waals surface area contributed by atoms with Crippen molar-refractivity contribution in [3.05, 3.63) is 63.2 Å². The second kappa shape index (κ2) is 10.8. The molecule has 0 radical (unpaired) electrons. The summed E-state index contributed by atoms with van der Waals surface area (Å²) in [5.74, 6) is 0.0180. The lowest BCUT2D eigenvalue weighted by Gasteiger charge is -2.29. The normalized spacial score (nSPS) is 17.2. The molecule has 1 N–H and O–H groups in total. The first-order valence-corrected chi connectivity index (χ1v) is 13.1. The first kappa shape index (κ1) is 23.9. The molecule has 4 rings (SSSR count). The fraction of sp³-hybridized carbons (Fsp3) is 0.400. The van der Waals surface area contributed by atoms with Crippen molar-refractivity contribution in [1.82, 2.24) is 20.1 Å². The largest absolute Gasteiger partial charge is 0.355 e. The van der Waals surface area contributed by atoms with Gasteiger partial charge in [0.25, 0.3) is 5.91 Å². The van der Waals surface area contributed by atoms with E-state index in [9.17, 15) is 9.59 Å². The zero-order valence-corrected chi connectivity index (χ0v) is 21.4. The Morgan fingerprint density at radius 2 is 2.00 bits per heavy atom. The van der Waals surface area contributed by atoms with Gasteiger partial charge in [0.2, 0.25) is 5.91 Å². The second-order valence-electron chi connectivity index (χ2n) is 8.25. The van der Waals surface area contributed by atoms with Gasteiger partial charge in [0.05, 0.1) is 16.3 Å². The van der Waals surface area contributed by atoms with E-state index in [1.165, 1.54) is 11.1 Å². The minimum Gasteiger partial charge on any atom is -0.355 e. The van der Waals surface area contributed by atoms with Crippen LogP contribution in [0, 0.1) is 0 Å². The van der Waals surface area contributed by atoms with Crippen LogP contribution in [0.1, 0.15) is 41.8 Å². The van der Waals surface area contributed by atoms with E-state index in [4.69, 9.17) is 0 Å². The number of aromatic nitrogens is 1. The average molecular weight is 530 g/mol. The number of hydrogen-bond acceptors (Lipinski definition) is 5. The number of halogens is 1. The summed E-state index contributed by atoms with van der Waals surface area (Å²) in [4.78, 5) is 34.8. The van der Waals surface area contributed by atoms with Crippen molar-refractivity contribution in [2.24, 2.45) is 0 Å². The Hall–Kier alpha value is -2.29. The van der Waals surface area contributed by atoms with Crippen molar-refractivity contribution in [1.29, 1.82) is 0 Å². The number of thiophene rings is 1. The van der Waals surface area contributed by atoms with Gasteiger partial charge in [0.1, 0.15) is 0 Å². The van der Waals surface area contributed by atoms with Gasteiger partial charge in [-0.3, -0.25) is 19.5 Å². The lowest BCUT2D eigenvalue weighted by Crippen LogP contribution is -2.47. The molecule has 6 nitrogen and oxygen atoms in total. The van der Waals surface area contributed by atoms with Crippen LogP contribution in [0.5, 0.6) is 0 Å². The Morgan fingerprint density at radius 3 is 2.79 bits per heavy atom. The molecule has 1 saturated heterocycles. The minimum atomic E-state index is -0.272. The summed E-state index contributed by atoms with van der Waals surface area (Å²) < 4.78 is 2.08. The zero-order valence-electron chi connectivity index (χ0n) is 19.0. The van der Waals surface area contributed by atoms with Crippen LogP contribution in [-0.2, 0) is 17.8 Å². The SMILES string of the molecule is CCNC(=O)[C@H]1CCN(C(=O)c2cncc3sccc23)CCN1Cc1ccc(Br)cc1CC. The molecule has 0 saturated carbocycles. The van der Waals surface area contributed by atoms with Gasteiger partial charge in [-0.05, 0) is 54.5 Å². The van der Waals surface area contributed by atoms with E-state index >= 15 is 0 Å². The number of nitrogens with one attached hydrogen (secondary N) is 1. The van der Waals surface area contributed by atoms with Crippen molar-refractivity contribution >= 4 is 49.2 Å². The number of benzene rings is 1. The monoisotopic (exact) mass is 528 g/mol. The summed E-state index contributed by atoms with van der Waals surface area (Å²) >= 11 is 5.15. The quantitative estimate of drug-likeness (QED) is 0.512. The molecule has 1 aliphatic heterocycles. The first-order chi connectivity index (χ1) is 16.0. The maximum atomic E-state index is 13.4. The van der Waals surface area contributed by atoms with E-state index in [0.717, 1.165) is 21.0 Å². The van der Waals surface area contributed by atoms with Gasteiger partial charge in [0.15, 0.2) is 0 Å². The van der Waals surface area contributed by atoms with Gasteiger partial charge < -0.3 is 10.2 Å². The van der Waals surface area contributed by atoms with Crippen molar-refractivity contribution < 1.29 is 9.59 Å². The van der Waals surface area contributed by atoms with Crippen molar-refractivity contribution in [2.75, 3.05) is 26.2 Å². The smallest absolute Gasteiger partial charge is 0.256 e. The van der Waals surface area contributed by atoms with Gasteiger partial charge in [-0.2, -0.15) is 0 Å². The summed E-state index contributed by atoms with van der Waals surface area (Å²) in [5, 5.41) is 5.93. The Morgan fingerprint density at radius 1 is 1.15 bits per heavy atom. The summed E-state index contributed by atoms with van der Waals surface area (Å²) in [7, 11) is 0. The van der Waals surface area contributed by atoms with Gasteiger partial charge in [-0.1, -0.05) is 28.9 Å². The third-order valence-electron chi connectivity index (χ3n) is 6.25. The number of nitrogens with zero attached hydrogens (tertiary/aromatic N) is 3. The van der Waals surface area contributed by atoms with Crippen LogP contribution in [0.2, 0.25) is 0 Å². The number of pyridine rings is 1. The number of aryl methyl sites for hydroxylation is 1. The van der Waals surface area contributed by atoms with Crippen LogP contribution in [0.3, 0.4) is 0 Å². The van der Waals surface area contributed by atoms with Crippen LogP contribution in [0.4, 0.5) is 0 Å². The number of hydrogen-bond donors (Lipinski definition) is 1.